The van der Waals surface area contributed by atoms with Crippen molar-refractivity contribution in [2.45, 2.75) is 13.0 Å². The molecule has 0 unspecified atom stereocenters. The molecule has 2 aromatic carbocycles. The van der Waals surface area contributed by atoms with Crippen molar-refractivity contribution in [3.63, 3.8) is 0 Å². The molecule has 0 atom stereocenters. The van der Waals surface area contributed by atoms with E-state index in [1.807, 2.05) is 18.2 Å². The second-order valence-electron chi connectivity index (χ2n) is 4.68. The summed E-state index contributed by atoms with van der Waals surface area (Å²) < 4.78 is 12.1. The molecule has 108 valence electrons. The van der Waals surface area contributed by atoms with E-state index in [1.165, 1.54) is 0 Å². The van der Waals surface area contributed by atoms with Gasteiger partial charge in [0.15, 0.2) is 5.78 Å². The number of carbonyl (C=O) groups excluding carboxylic acids is 1. The lowest BCUT2D eigenvalue weighted by Crippen LogP contribution is -2.15. The van der Waals surface area contributed by atoms with Gasteiger partial charge in [0.1, 0.15) is 18.1 Å². The molecule has 21 heavy (non-hydrogen) atoms. The third-order valence-electron chi connectivity index (χ3n) is 3.27. The topological polar surface area (TPSA) is 35.5 Å². The Morgan fingerprint density at radius 3 is 3.00 bits per heavy atom. The maximum atomic E-state index is 11.7. The fourth-order valence-corrected chi connectivity index (χ4v) is 2.74. The summed E-state index contributed by atoms with van der Waals surface area (Å²) in [6, 6.07) is 11.0. The Balaban J connectivity index is 1.77. The average molecular weight is 368 g/mol. The number of rotatable bonds is 3. The zero-order valence-corrected chi connectivity index (χ0v) is 13.4. The molecule has 3 nitrogen and oxygen atoms in total. The zero-order chi connectivity index (χ0) is 14.8. The summed E-state index contributed by atoms with van der Waals surface area (Å²) in [5, 5.41) is 0.641. The lowest BCUT2D eigenvalue weighted by molar-refractivity contribution is 0.0933. The molecule has 0 spiro atoms. The van der Waals surface area contributed by atoms with E-state index < -0.39 is 0 Å². The molecular formula is C16H12BrClO3. The highest BCUT2D eigenvalue weighted by Gasteiger charge is 2.18. The lowest BCUT2D eigenvalue weighted by atomic mass is 10.1. The minimum atomic E-state index is 0.109. The van der Waals surface area contributed by atoms with Gasteiger partial charge in [-0.25, -0.2) is 0 Å². The molecule has 0 N–H and O–H groups in total. The number of ether oxygens (including phenoxy) is 2. The van der Waals surface area contributed by atoms with Crippen molar-refractivity contribution in [2.75, 3.05) is 6.61 Å². The molecule has 2 aromatic rings. The van der Waals surface area contributed by atoms with E-state index in [4.69, 9.17) is 21.1 Å². The van der Waals surface area contributed by atoms with Gasteiger partial charge in [0, 0.05) is 22.5 Å². The van der Waals surface area contributed by atoms with Crippen LogP contribution in [0.2, 0.25) is 5.02 Å². The molecule has 0 fully saturated rings. The Hall–Kier alpha value is -1.52. The third-order valence-corrected chi connectivity index (χ3v) is 4.60. The molecule has 0 saturated heterocycles. The van der Waals surface area contributed by atoms with Gasteiger partial charge in [0.25, 0.3) is 0 Å². The van der Waals surface area contributed by atoms with E-state index in [0.717, 1.165) is 10.0 Å². The number of Topliss-reactive ketones (excluding diaryl/α,β-unsaturated/α-hetero) is 1. The summed E-state index contributed by atoms with van der Waals surface area (Å²) >= 11 is 9.58. The molecule has 3 rings (SSSR count). The van der Waals surface area contributed by atoms with Crippen LogP contribution in [0.3, 0.4) is 0 Å². The van der Waals surface area contributed by atoms with Gasteiger partial charge < -0.3 is 9.47 Å². The van der Waals surface area contributed by atoms with Crippen LogP contribution in [0, 0.1) is 0 Å². The van der Waals surface area contributed by atoms with E-state index in [-0.39, 0.29) is 5.78 Å². The first-order chi connectivity index (χ1) is 10.1. The Morgan fingerprint density at radius 2 is 2.14 bits per heavy atom. The Kier molecular flexibility index (Phi) is 4.17. The average Bonchev–Trinajstić information content (AvgIpc) is 2.49. The second-order valence-corrected chi connectivity index (χ2v) is 5.91. The van der Waals surface area contributed by atoms with Crippen LogP contribution in [-0.2, 0) is 6.61 Å². The second kappa shape index (κ2) is 6.08. The van der Waals surface area contributed by atoms with Gasteiger partial charge >= 0.3 is 0 Å². The van der Waals surface area contributed by atoms with Crippen molar-refractivity contribution in [3.8, 4) is 11.5 Å². The van der Waals surface area contributed by atoms with Crippen molar-refractivity contribution >= 4 is 33.3 Å². The number of halogens is 2. The van der Waals surface area contributed by atoms with Crippen LogP contribution < -0.4 is 9.47 Å². The Bertz CT molecular complexity index is 700. The molecule has 0 aliphatic carbocycles. The normalized spacial score (nSPS) is 13.5. The number of hydrogen-bond acceptors (Lipinski definition) is 3. The van der Waals surface area contributed by atoms with Crippen LogP contribution in [0.4, 0.5) is 0 Å². The number of benzene rings is 2. The predicted octanol–water partition coefficient (Wildman–Crippen LogP) is 4.65. The summed E-state index contributed by atoms with van der Waals surface area (Å²) in [5.41, 5.74) is 1.51. The number of ketones is 1. The van der Waals surface area contributed by atoms with E-state index >= 15 is 0 Å². The minimum Gasteiger partial charge on any atom is -0.492 e. The highest BCUT2D eigenvalue weighted by molar-refractivity contribution is 9.10. The number of fused-ring (bicyclic) bond motifs is 1. The molecule has 0 saturated carbocycles. The first kappa shape index (κ1) is 14.4. The maximum Gasteiger partial charge on any atom is 0.169 e. The van der Waals surface area contributed by atoms with Crippen LogP contribution in [-0.4, -0.2) is 12.4 Å². The highest BCUT2D eigenvalue weighted by Crippen LogP contribution is 2.31. The van der Waals surface area contributed by atoms with Crippen molar-refractivity contribution in [3.05, 3.63) is 57.0 Å². The van der Waals surface area contributed by atoms with E-state index in [0.29, 0.717) is 41.7 Å². The van der Waals surface area contributed by atoms with Gasteiger partial charge in [-0.05, 0) is 34.1 Å². The third kappa shape index (κ3) is 3.06. The highest BCUT2D eigenvalue weighted by atomic mass is 79.9. The Labute approximate surface area is 136 Å². The molecule has 0 bridgehead atoms. The summed E-state index contributed by atoms with van der Waals surface area (Å²) in [6.07, 6.45) is 0.431. The molecule has 5 heteroatoms. The van der Waals surface area contributed by atoms with Gasteiger partial charge in [-0.2, -0.15) is 0 Å². The first-order valence-electron chi connectivity index (χ1n) is 6.51. The van der Waals surface area contributed by atoms with Crippen LogP contribution >= 0.6 is 27.5 Å². The van der Waals surface area contributed by atoms with Gasteiger partial charge in [0.05, 0.1) is 17.2 Å². The van der Waals surface area contributed by atoms with E-state index in [1.54, 1.807) is 18.2 Å². The predicted molar refractivity (Wildman–Crippen MR) is 84.4 cm³/mol. The maximum absolute atomic E-state index is 11.7. The quantitative estimate of drug-likeness (QED) is 0.792. The standard InChI is InChI=1S/C16H12BrClO3/c17-13-3-1-2-10(16(13)18)9-21-11-4-5-12-14(19)6-7-20-15(12)8-11/h1-5,8H,6-7,9H2. The first-order valence-corrected chi connectivity index (χ1v) is 7.68. The monoisotopic (exact) mass is 366 g/mol. The summed E-state index contributed by atoms with van der Waals surface area (Å²) in [4.78, 5) is 11.7. The molecule has 0 radical (unpaired) electrons. The number of hydrogen-bond donors (Lipinski definition) is 0. The summed E-state index contributed by atoms with van der Waals surface area (Å²) in [6.45, 7) is 0.776. The van der Waals surface area contributed by atoms with Gasteiger partial charge in [-0.1, -0.05) is 23.7 Å². The van der Waals surface area contributed by atoms with Crippen LogP contribution in [0.1, 0.15) is 22.3 Å². The lowest BCUT2D eigenvalue weighted by Gasteiger charge is -2.17. The molecule has 1 aliphatic rings. The zero-order valence-electron chi connectivity index (χ0n) is 11.1. The Morgan fingerprint density at radius 1 is 1.29 bits per heavy atom. The molecule has 0 aromatic heterocycles. The van der Waals surface area contributed by atoms with Crippen LogP contribution in [0.5, 0.6) is 11.5 Å². The smallest absolute Gasteiger partial charge is 0.169 e. The minimum absolute atomic E-state index is 0.109. The molecular weight excluding hydrogens is 356 g/mol. The molecule has 0 amide bonds. The summed E-state index contributed by atoms with van der Waals surface area (Å²) in [5.74, 6) is 1.35. The molecule has 1 aliphatic heterocycles. The summed E-state index contributed by atoms with van der Waals surface area (Å²) in [7, 11) is 0. The fraction of sp³-hybridized carbons (Fsp3) is 0.188. The van der Waals surface area contributed by atoms with Crippen molar-refractivity contribution < 1.29 is 14.3 Å². The molecule has 1 heterocycles. The number of carbonyl (C=O) groups is 1. The van der Waals surface area contributed by atoms with Crippen molar-refractivity contribution in [1.82, 2.24) is 0 Å². The largest absolute Gasteiger partial charge is 0.492 e. The van der Waals surface area contributed by atoms with E-state index in [9.17, 15) is 4.79 Å². The fourth-order valence-electron chi connectivity index (χ4n) is 2.15. The SMILES string of the molecule is O=C1CCOc2cc(OCc3cccc(Br)c3Cl)ccc21. The van der Waals surface area contributed by atoms with Gasteiger partial charge in [0.2, 0.25) is 0 Å². The van der Waals surface area contributed by atoms with E-state index in [2.05, 4.69) is 15.9 Å². The van der Waals surface area contributed by atoms with Crippen molar-refractivity contribution in [1.29, 1.82) is 0 Å². The van der Waals surface area contributed by atoms with Gasteiger partial charge in [-0.15, -0.1) is 0 Å². The van der Waals surface area contributed by atoms with Crippen LogP contribution in [0.25, 0.3) is 0 Å². The van der Waals surface area contributed by atoms with Gasteiger partial charge in [-0.3, -0.25) is 4.79 Å². The van der Waals surface area contributed by atoms with Crippen LogP contribution in [0.15, 0.2) is 40.9 Å². The van der Waals surface area contributed by atoms with Crippen molar-refractivity contribution in [2.24, 2.45) is 0 Å².